The van der Waals surface area contributed by atoms with Crippen LogP contribution < -0.4 is 4.90 Å². The third kappa shape index (κ3) is 3.44. The minimum atomic E-state index is 0.00852. The molecule has 80 valence electrons. The van der Waals surface area contributed by atoms with Crippen LogP contribution in [0.2, 0.25) is 0 Å². The second-order valence-corrected chi connectivity index (χ2v) is 4.66. The summed E-state index contributed by atoms with van der Waals surface area (Å²) in [6.45, 7) is 3.31. The van der Waals surface area contributed by atoms with Crippen molar-refractivity contribution in [2.45, 2.75) is 12.3 Å². The fourth-order valence-corrected chi connectivity index (χ4v) is 2.24. The maximum Gasteiger partial charge on any atom is 0.185 e. The van der Waals surface area contributed by atoms with Crippen molar-refractivity contribution in [3.8, 4) is 0 Å². The smallest absolute Gasteiger partial charge is 0.185 e. The molecule has 14 heavy (non-hydrogen) atoms. The average molecular weight is 235 g/mol. The van der Waals surface area contributed by atoms with Crippen LogP contribution in [0.3, 0.4) is 0 Å². The average Bonchev–Trinajstić information content (AvgIpc) is 2.52. The highest BCUT2D eigenvalue weighted by Crippen LogP contribution is 2.19. The van der Waals surface area contributed by atoms with Crippen LogP contribution in [-0.2, 0) is 4.74 Å². The number of aryl methyl sites for hydroxylation is 1. The van der Waals surface area contributed by atoms with E-state index in [1.165, 1.54) is 0 Å². The minimum absolute atomic E-state index is 0.00852. The van der Waals surface area contributed by atoms with Crippen molar-refractivity contribution in [1.82, 2.24) is 4.98 Å². The molecule has 3 nitrogen and oxygen atoms in total. The van der Waals surface area contributed by atoms with Gasteiger partial charge < -0.3 is 9.64 Å². The van der Waals surface area contributed by atoms with Crippen LogP contribution in [0.5, 0.6) is 0 Å². The van der Waals surface area contributed by atoms with E-state index in [9.17, 15) is 0 Å². The van der Waals surface area contributed by atoms with Crippen molar-refractivity contribution in [2.75, 3.05) is 32.2 Å². The molecule has 0 saturated heterocycles. The quantitative estimate of drug-likeness (QED) is 0.730. The van der Waals surface area contributed by atoms with E-state index < -0.39 is 0 Å². The Kier molecular flexibility index (Phi) is 4.65. The van der Waals surface area contributed by atoms with Crippen LogP contribution in [0.25, 0.3) is 0 Å². The number of anilines is 1. The van der Waals surface area contributed by atoms with Gasteiger partial charge in [0.05, 0.1) is 17.7 Å². The third-order valence-corrected chi connectivity index (χ3v) is 3.09. The molecule has 0 fully saturated rings. The molecule has 0 spiro atoms. The number of nitrogens with zero attached hydrogens (tertiary/aromatic N) is 2. The molecule has 1 atom stereocenters. The standard InChI is InChI=1S/C9H15ClN2OS/c1-7-6-14-9(11-7)12(2)4-8(10)5-13-3/h6,8H,4-5H2,1-3H3. The SMILES string of the molecule is COCC(Cl)CN(C)c1nc(C)cs1. The van der Waals surface area contributed by atoms with Crippen LogP contribution in [-0.4, -0.2) is 37.7 Å². The third-order valence-electron chi connectivity index (χ3n) is 1.75. The number of rotatable bonds is 5. The Morgan fingerprint density at radius 2 is 2.43 bits per heavy atom. The van der Waals surface area contributed by atoms with Gasteiger partial charge in [0, 0.05) is 26.1 Å². The van der Waals surface area contributed by atoms with Gasteiger partial charge in [-0.05, 0) is 6.92 Å². The van der Waals surface area contributed by atoms with Gasteiger partial charge in [0.25, 0.3) is 0 Å². The highest BCUT2D eigenvalue weighted by atomic mass is 35.5. The first-order valence-corrected chi connectivity index (χ1v) is 5.71. The van der Waals surface area contributed by atoms with E-state index >= 15 is 0 Å². The van der Waals surface area contributed by atoms with Gasteiger partial charge in [-0.25, -0.2) is 4.98 Å². The first-order chi connectivity index (χ1) is 6.63. The van der Waals surface area contributed by atoms with Crippen molar-refractivity contribution in [2.24, 2.45) is 0 Å². The molecule has 0 aliphatic rings. The molecule has 0 aromatic carbocycles. The zero-order valence-corrected chi connectivity index (χ0v) is 10.2. The molecule has 0 bridgehead atoms. The molecule has 1 rings (SSSR count). The van der Waals surface area contributed by atoms with E-state index in [0.717, 1.165) is 17.4 Å². The van der Waals surface area contributed by atoms with Crippen molar-refractivity contribution in [3.63, 3.8) is 0 Å². The second kappa shape index (κ2) is 5.53. The number of halogens is 1. The normalized spacial score (nSPS) is 12.9. The Morgan fingerprint density at radius 3 is 2.93 bits per heavy atom. The lowest BCUT2D eigenvalue weighted by Crippen LogP contribution is -2.28. The Morgan fingerprint density at radius 1 is 1.71 bits per heavy atom. The Bertz CT molecular complexity index is 280. The minimum Gasteiger partial charge on any atom is -0.383 e. The van der Waals surface area contributed by atoms with Gasteiger partial charge in [-0.2, -0.15) is 0 Å². The van der Waals surface area contributed by atoms with E-state index in [1.54, 1.807) is 18.4 Å². The van der Waals surface area contributed by atoms with Crippen LogP contribution in [0.15, 0.2) is 5.38 Å². The Balaban J connectivity index is 2.45. The first-order valence-electron chi connectivity index (χ1n) is 4.39. The summed E-state index contributed by atoms with van der Waals surface area (Å²) in [6, 6.07) is 0. The van der Waals surface area contributed by atoms with Gasteiger partial charge in [-0.1, -0.05) is 0 Å². The molecule has 0 aliphatic heterocycles. The summed E-state index contributed by atoms with van der Waals surface area (Å²) in [5, 5.41) is 3.05. The maximum absolute atomic E-state index is 6.04. The number of ether oxygens (including phenoxy) is 1. The largest absolute Gasteiger partial charge is 0.383 e. The van der Waals surface area contributed by atoms with Gasteiger partial charge in [0.2, 0.25) is 0 Å². The molecule has 0 amide bonds. The molecule has 1 aromatic rings. The summed E-state index contributed by atoms with van der Waals surface area (Å²) >= 11 is 7.68. The van der Waals surface area contributed by atoms with E-state index in [0.29, 0.717) is 6.61 Å². The van der Waals surface area contributed by atoms with Gasteiger partial charge in [0.15, 0.2) is 5.13 Å². The number of aromatic nitrogens is 1. The molecule has 1 aromatic heterocycles. The zero-order chi connectivity index (χ0) is 10.6. The number of thiazole rings is 1. The monoisotopic (exact) mass is 234 g/mol. The summed E-state index contributed by atoms with van der Waals surface area (Å²) in [6.07, 6.45) is 0. The van der Waals surface area contributed by atoms with Crippen LogP contribution in [0.1, 0.15) is 5.69 Å². The highest BCUT2D eigenvalue weighted by Gasteiger charge is 2.10. The molecule has 0 aliphatic carbocycles. The van der Waals surface area contributed by atoms with Gasteiger partial charge >= 0.3 is 0 Å². The van der Waals surface area contributed by atoms with Gasteiger partial charge in [-0.3, -0.25) is 0 Å². The lowest BCUT2D eigenvalue weighted by molar-refractivity contribution is 0.199. The number of alkyl halides is 1. The van der Waals surface area contributed by atoms with E-state index in [1.807, 2.05) is 24.3 Å². The fraction of sp³-hybridized carbons (Fsp3) is 0.667. The van der Waals surface area contributed by atoms with E-state index in [2.05, 4.69) is 4.98 Å². The topological polar surface area (TPSA) is 25.4 Å². The van der Waals surface area contributed by atoms with Crippen molar-refractivity contribution >= 4 is 28.1 Å². The first kappa shape index (κ1) is 11.8. The highest BCUT2D eigenvalue weighted by molar-refractivity contribution is 7.13. The van der Waals surface area contributed by atoms with Crippen molar-refractivity contribution < 1.29 is 4.74 Å². The van der Waals surface area contributed by atoms with E-state index in [-0.39, 0.29) is 5.38 Å². The fourth-order valence-electron chi connectivity index (χ4n) is 1.13. The van der Waals surface area contributed by atoms with Gasteiger partial charge in [0.1, 0.15) is 0 Å². The lowest BCUT2D eigenvalue weighted by Gasteiger charge is -2.18. The summed E-state index contributed by atoms with van der Waals surface area (Å²) < 4.78 is 4.97. The predicted molar refractivity (Wildman–Crippen MR) is 61.6 cm³/mol. The molecule has 1 unspecified atom stereocenters. The molecule has 1 heterocycles. The predicted octanol–water partition coefficient (Wildman–Crippen LogP) is 2.14. The van der Waals surface area contributed by atoms with Crippen LogP contribution in [0, 0.1) is 6.92 Å². The Hall–Kier alpha value is -0.320. The summed E-state index contributed by atoms with van der Waals surface area (Å²) in [5.41, 5.74) is 1.05. The van der Waals surface area contributed by atoms with Crippen molar-refractivity contribution in [3.05, 3.63) is 11.1 Å². The van der Waals surface area contributed by atoms with Crippen molar-refractivity contribution in [1.29, 1.82) is 0 Å². The summed E-state index contributed by atoms with van der Waals surface area (Å²) in [4.78, 5) is 6.42. The molecular weight excluding hydrogens is 220 g/mol. The number of methoxy groups -OCH3 is 1. The maximum atomic E-state index is 6.04. The van der Waals surface area contributed by atoms with E-state index in [4.69, 9.17) is 16.3 Å². The molecule has 0 N–H and O–H groups in total. The molecule has 5 heteroatoms. The molecule has 0 radical (unpaired) electrons. The molecular formula is C9H15ClN2OS. The second-order valence-electron chi connectivity index (χ2n) is 3.20. The van der Waals surface area contributed by atoms with Crippen LogP contribution >= 0.6 is 22.9 Å². The lowest BCUT2D eigenvalue weighted by atomic mass is 10.4. The van der Waals surface area contributed by atoms with Crippen LogP contribution in [0.4, 0.5) is 5.13 Å². The summed E-state index contributed by atoms with van der Waals surface area (Å²) in [7, 11) is 3.65. The number of hydrogen-bond donors (Lipinski definition) is 0. The zero-order valence-electron chi connectivity index (χ0n) is 8.66. The van der Waals surface area contributed by atoms with Gasteiger partial charge in [-0.15, -0.1) is 22.9 Å². The summed E-state index contributed by atoms with van der Waals surface area (Å²) in [5.74, 6) is 0. The number of hydrogen-bond acceptors (Lipinski definition) is 4. The Labute approximate surface area is 93.7 Å². The molecule has 0 saturated carbocycles.